The molecule has 0 atom stereocenters. The van der Waals surface area contributed by atoms with Crippen molar-refractivity contribution in [2.24, 2.45) is 0 Å². The fraction of sp³-hybridized carbons (Fsp3) is 0.182. The fourth-order valence-corrected chi connectivity index (χ4v) is 1.78. The number of methoxy groups -OCH3 is 1. The molecule has 0 unspecified atom stereocenters. The van der Waals surface area contributed by atoms with Crippen molar-refractivity contribution in [2.75, 3.05) is 13.7 Å². The van der Waals surface area contributed by atoms with Gasteiger partial charge in [-0.25, -0.2) is 4.79 Å². The highest BCUT2D eigenvalue weighted by Crippen LogP contribution is 2.20. The lowest BCUT2D eigenvalue weighted by atomic mass is 10.2. The average Bonchev–Trinajstić information content (AvgIpc) is 2.29. The largest absolute Gasteiger partial charge is 0.465 e. The number of nitrogens with one attached hydrogen (secondary N) is 1. The minimum Gasteiger partial charge on any atom is -0.465 e. The Morgan fingerprint density at radius 3 is 3.00 bits per heavy atom. The molecule has 0 amide bonds. The van der Waals surface area contributed by atoms with Gasteiger partial charge in [0.15, 0.2) is 0 Å². The maximum absolute atomic E-state index is 11.4. The summed E-state index contributed by atoms with van der Waals surface area (Å²) in [6, 6.07) is 7.30. The molecule has 15 heavy (non-hydrogen) atoms. The smallest absolute Gasteiger partial charge is 0.339 e. The molecule has 4 heteroatoms. The predicted octanol–water partition coefficient (Wildman–Crippen LogP) is 2.26. The lowest BCUT2D eigenvalue weighted by Crippen LogP contribution is -2.07. The van der Waals surface area contributed by atoms with Crippen LogP contribution in [0, 0.1) is 0 Å². The van der Waals surface area contributed by atoms with E-state index in [0.717, 1.165) is 4.90 Å². The molecule has 0 aliphatic heterocycles. The van der Waals surface area contributed by atoms with Crippen molar-refractivity contribution in [3.05, 3.63) is 42.5 Å². The van der Waals surface area contributed by atoms with Gasteiger partial charge in [-0.2, -0.15) is 0 Å². The standard InChI is InChI=1S/C11H13NO2S/c1-3-8-12-15-10-7-5-4-6-9(10)11(13)14-2/h3-7,12H,1,8H2,2H3. The van der Waals surface area contributed by atoms with Gasteiger partial charge in [0.1, 0.15) is 0 Å². The zero-order chi connectivity index (χ0) is 11.1. The Morgan fingerprint density at radius 2 is 2.33 bits per heavy atom. The summed E-state index contributed by atoms with van der Waals surface area (Å²) in [5, 5.41) is 0. The number of hydrogen-bond acceptors (Lipinski definition) is 4. The van der Waals surface area contributed by atoms with Crippen LogP contribution >= 0.6 is 11.9 Å². The van der Waals surface area contributed by atoms with E-state index < -0.39 is 0 Å². The van der Waals surface area contributed by atoms with Gasteiger partial charge in [0, 0.05) is 11.4 Å². The van der Waals surface area contributed by atoms with Gasteiger partial charge in [-0.15, -0.1) is 6.58 Å². The number of hydrogen-bond donors (Lipinski definition) is 1. The van der Waals surface area contributed by atoms with E-state index in [-0.39, 0.29) is 5.97 Å². The van der Waals surface area contributed by atoms with Crippen LogP contribution in [0.4, 0.5) is 0 Å². The van der Waals surface area contributed by atoms with Crippen LogP contribution < -0.4 is 4.72 Å². The Hall–Kier alpha value is -1.26. The Bertz CT molecular complexity index is 352. The molecule has 0 fully saturated rings. The summed E-state index contributed by atoms with van der Waals surface area (Å²) in [7, 11) is 1.38. The number of benzene rings is 1. The Morgan fingerprint density at radius 1 is 1.60 bits per heavy atom. The van der Waals surface area contributed by atoms with E-state index in [1.54, 1.807) is 12.1 Å². The van der Waals surface area contributed by atoms with Crippen LogP contribution in [0.2, 0.25) is 0 Å². The average molecular weight is 223 g/mol. The first-order valence-corrected chi connectivity index (χ1v) is 5.29. The van der Waals surface area contributed by atoms with Gasteiger partial charge >= 0.3 is 5.97 Å². The van der Waals surface area contributed by atoms with Crippen LogP contribution in [0.15, 0.2) is 41.8 Å². The molecule has 0 spiro atoms. The predicted molar refractivity (Wildman–Crippen MR) is 61.8 cm³/mol. The van der Waals surface area contributed by atoms with Gasteiger partial charge in [0.25, 0.3) is 0 Å². The van der Waals surface area contributed by atoms with Crippen LogP contribution in [0.25, 0.3) is 0 Å². The van der Waals surface area contributed by atoms with Gasteiger partial charge in [-0.05, 0) is 24.1 Å². The molecule has 1 aromatic rings. The lowest BCUT2D eigenvalue weighted by Gasteiger charge is -2.06. The quantitative estimate of drug-likeness (QED) is 0.359. The highest BCUT2D eigenvalue weighted by atomic mass is 32.2. The maximum Gasteiger partial charge on any atom is 0.339 e. The molecule has 0 saturated heterocycles. The van der Waals surface area contributed by atoms with Crippen molar-refractivity contribution in [1.82, 2.24) is 4.72 Å². The SMILES string of the molecule is C=CCNSc1ccccc1C(=O)OC. The topological polar surface area (TPSA) is 38.3 Å². The van der Waals surface area contributed by atoms with E-state index >= 15 is 0 Å². The van der Waals surface area contributed by atoms with Gasteiger partial charge in [-0.1, -0.05) is 18.2 Å². The van der Waals surface area contributed by atoms with Crippen molar-refractivity contribution in [1.29, 1.82) is 0 Å². The normalized spacial score (nSPS) is 9.67. The summed E-state index contributed by atoms with van der Waals surface area (Å²) >= 11 is 1.39. The Kier molecular flexibility index (Phi) is 4.93. The van der Waals surface area contributed by atoms with Crippen LogP contribution in [0.1, 0.15) is 10.4 Å². The highest BCUT2D eigenvalue weighted by Gasteiger charge is 2.10. The van der Waals surface area contributed by atoms with Crippen LogP contribution in [-0.2, 0) is 4.74 Å². The first-order valence-electron chi connectivity index (χ1n) is 4.47. The van der Waals surface area contributed by atoms with E-state index in [1.165, 1.54) is 19.1 Å². The van der Waals surface area contributed by atoms with Gasteiger partial charge in [-0.3, -0.25) is 4.72 Å². The first kappa shape index (κ1) is 11.8. The summed E-state index contributed by atoms with van der Waals surface area (Å²) in [6.45, 7) is 4.28. The molecule has 0 aliphatic rings. The number of ether oxygens (including phenoxy) is 1. The van der Waals surface area contributed by atoms with Crippen molar-refractivity contribution >= 4 is 17.9 Å². The number of carbonyl (C=O) groups excluding carboxylic acids is 1. The fourth-order valence-electron chi connectivity index (χ4n) is 1.01. The van der Waals surface area contributed by atoms with Gasteiger partial charge in [0.05, 0.1) is 12.7 Å². The van der Waals surface area contributed by atoms with Crippen LogP contribution in [0.3, 0.4) is 0 Å². The van der Waals surface area contributed by atoms with E-state index in [9.17, 15) is 4.79 Å². The summed E-state index contributed by atoms with van der Waals surface area (Å²) in [6.07, 6.45) is 1.76. The number of rotatable bonds is 5. The van der Waals surface area contributed by atoms with Gasteiger partial charge < -0.3 is 4.74 Å². The second kappa shape index (κ2) is 6.27. The summed E-state index contributed by atoms with van der Waals surface area (Å²) < 4.78 is 7.74. The zero-order valence-electron chi connectivity index (χ0n) is 8.53. The minimum atomic E-state index is -0.321. The van der Waals surface area contributed by atoms with Crippen LogP contribution in [0.5, 0.6) is 0 Å². The third kappa shape index (κ3) is 3.42. The molecule has 0 aromatic heterocycles. The Labute approximate surface area is 93.6 Å². The number of esters is 1. The van der Waals surface area contributed by atoms with Gasteiger partial charge in [0.2, 0.25) is 0 Å². The third-order valence-electron chi connectivity index (χ3n) is 1.70. The summed E-state index contributed by atoms with van der Waals surface area (Å²) in [5.41, 5.74) is 0.571. The zero-order valence-corrected chi connectivity index (χ0v) is 9.34. The third-order valence-corrected chi connectivity index (χ3v) is 2.59. The molecule has 1 aromatic carbocycles. The molecule has 1 rings (SSSR count). The monoisotopic (exact) mass is 223 g/mol. The van der Waals surface area contributed by atoms with Crippen molar-refractivity contribution in [3.8, 4) is 0 Å². The molecular formula is C11H13NO2S. The van der Waals surface area contributed by atoms with Crippen molar-refractivity contribution in [2.45, 2.75) is 4.90 Å². The maximum atomic E-state index is 11.4. The minimum absolute atomic E-state index is 0.321. The van der Waals surface area contributed by atoms with Crippen molar-refractivity contribution < 1.29 is 9.53 Å². The molecular weight excluding hydrogens is 210 g/mol. The molecule has 0 heterocycles. The summed E-state index contributed by atoms with van der Waals surface area (Å²) in [4.78, 5) is 12.2. The lowest BCUT2D eigenvalue weighted by molar-refractivity contribution is 0.0597. The molecule has 80 valence electrons. The first-order chi connectivity index (χ1) is 7.29. The molecule has 1 N–H and O–H groups in total. The van der Waals surface area contributed by atoms with E-state index in [4.69, 9.17) is 0 Å². The van der Waals surface area contributed by atoms with E-state index in [1.807, 2.05) is 18.2 Å². The molecule has 3 nitrogen and oxygen atoms in total. The molecule has 0 saturated carbocycles. The highest BCUT2D eigenvalue weighted by molar-refractivity contribution is 7.97. The molecule has 0 radical (unpaired) electrons. The van der Waals surface area contributed by atoms with Crippen molar-refractivity contribution in [3.63, 3.8) is 0 Å². The molecule has 0 bridgehead atoms. The van der Waals surface area contributed by atoms with E-state index in [0.29, 0.717) is 12.1 Å². The second-order valence-electron chi connectivity index (χ2n) is 2.73. The second-order valence-corrected chi connectivity index (χ2v) is 3.66. The summed E-state index contributed by atoms with van der Waals surface area (Å²) in [5.74, 6) is -0.321. The number of carbonyl (C=O) groups is 1. The van der Waals surface area contributed by atoms with Crippen LogP contribution in [-0.4, -0.2) is 19.6 Å². The molecule has 0 aliphatic carbocycles. The Balaban J connectivity index is 2.76. The van der Waals surface area contributed by atoms with E-state index in [2.05, 4.69) is 16.0 Å².